The highest BCUT2D eigenvalue weighted by atomic mass is 16.6. The molecule has 0 fully saturated rings. The van der Waals surface area contributed by atoms with E-state index in [-0.39, 0.29) is 28.9 Å². The number of nitrogens with zero attached hydrogens (tertiary/aromatic N) is 2. The smallest absolute Gasteiger partial charge is 0.293 e. The Morgan fingerprint density at radius 3 is 2.86 bits per heavy atom. The first-order valence-corrected chi connectivity index (χ1v) is 6.07. The van der Waals surface area contributed by atoms with E-state index in [2.05, 4.69) is 20.9 Å². The molecule has 1 aromatic carbocycles. The Morgan fingerprint density at radius 1 is 1.52 bits per heavy atom. The third-order valence-electron chi connectivity index (χ3n) is 2.98. The number of rotatable bonds is 5. The molecule has 0 radical (unpaired) electrons. The van der Waals surface area contributed by atoms with Crippen LogP contribution in [0.25, 0.3) is 0 Å². The van der Waals surface area contributed by atoms with Crippen molar-refractivity contribution in [1.82, 2.24) is 15.5 Å². The zero-order chi connectivity index (χ0) is 15.4. The second-order valence-electron chi connectivity index (χ2n) is 4.36. The fourth-order valence-corrected chi connectivity index (χ4v) is 1.81. The second kappa shape index (κ2) is 6.01. The number of aromatic nitrogens is 2. The monoisotopic (exact) mass is 290 g/mol. The average Bonchev–Trinajstić information content (AvgIpc) is 3.00. The summed E-state index contributed by atoms with van der Waals surface area (Å²) >= 11 is 0. The van der Waals surface area contributed by atoms with Crippen molar-refractivity contribution in [2.75, 3.05) is 5.43 Å². The minimum atomic E-state index is -0.578. The van der Waals surface area contributed by atoms with Gasteiger partial charge in [0, 0.05) is 23.4 Å². The van der Waals surface area contributed by atoms with Gasteiger partial charge in [-0.3, -0.25) is 25.9 Å². The van der Waals surface area contributed by atoms with Crippen LogP contribution in [0.4, 0.5) is 11.4 Å². The number of anilines is 1. The third kappa shape index (κ3) is 3.15. The molecule has 0 spiro atoms. The molecule has 110 valence electrons. The number of aromatic amines is 1. The average molecular weight is 290 g/mol. The van der Waals surface area contributed by atoms with Gasteiger partial charge in [-0.2, -0.15) is 5.10 Å². The first kappa shape index (κ1) is 14.5. The maximum atomic E-state index is 12.1. The summed E-state index contributed by atoms with van der Waals surface area (Å²) in [5, 5.41) is 20.0. The van der Waals surface area contributed by atoms with Crippen LogP contribution in [0.15, 0.2) is 30.6 Å². The van der Waals surface area contributed by atoms with Gasteiger partial charge < -0.3 is 10.7 Å². The van der Waals surface area contributed by atoms with Gasteiger partial charge in [-0.25, -0.2) is 0 Å². The molecule has 0 aliphatic carbocycles. The number of hydrogen-bond donors (Lipinski definition) is 4. The van der Waals surface area contributed by atoms with Gasteiger partial charge in [0.1, 0.15) is 5.69 Å². The summed E-state index contributed by atoms with van der Waals surface area (Å²) in [6.07, 6.45) is 3.28. The molecule has 9 heteroatoms. The Bertz CT molecular complexity index is 655. The van der Waals surface area contributed by atoms with Crippen LogP contribution in [-0.2, 0) is 0 Å². The number of H-pyrrole nitrogens is 1. The van der Waals surface area contributed by atoms with E-state index in [0.717, 1.165) is 5.56 Å². The topological polar surface area (TPSA) is 139 Å². The fraction of sp³-hybridized carbons (Fsp3) is 0.167. The van der Waals surface area contributed by atoms with Crippen LogP contribution in [-0.4, -0.2) is 21.0 Å². The van der Waals surface area contributed by atoms with Gasteiger partial charge in [-0.15, -0.1) is 0 Å². The number of hydrogen-bond acceptors (Lipinski definition) is 6. The number of nitrogen functional groups attached to an aromatic ring is 1. The molecule has 0 bridgehead atoms. The van der Waals surface area contributed by atoms with Gasteiger partial charge in [0.2, 0.25) is 0 Å². The van der Waals surface area contributed by atoms with Gasteiger partial charge in [-0.1, -0.05) is 0 Å². The van der Waals surface area contributed by atoms with E-state index in [1.807, 2.05) is 0 Å². The minimum Gasteiger partial charge on any atom is -0.345 e. The molecule has 5 N–H and O–H groups in total. The van der Waals surface area contributed by atoms with Crippen LogP contribution in [0.5, 0.6) is 0 Å². The number of nitrogens with two attached hydrogens (primary N) is 1. The summed E-state index contributed by atoms with van der Waals surface area (Å²) in [6, 6.07) is 3.68. The maximum Gasteiger partial charge on any atom is 0.293 e. The van der Waals surface area contributed by atoms with Crippen LogP contribution < -0.4 is 16.6 Å². The quantitative estimate of drug-likeness (QED) is 0.369. The second-order valence-corrected chi connectivity index (χ2v) is 4.36. The van der Waals surface area contributed by atoms with Crippen molar-refractivity contribution in [3.05, 3.63) is 51.8 Å². The Hall–Kier alpha value is -2.94. The highest BCUT2D eigenvalue weighted by Crippen LogP contribution is 2.24. The van der Waals surface area contributed by atoms with Crippen LogP contribution in [0.2, 0.25) is 0 Å². The Kier molecular flexibility index (Phi) is 4.14. The summed E-state index contributed by atoms with van der Waals surface area (Å²) in [7, 11) is 0. The van der Waals surface area contributed by atoms with Gasteiger partial charge in [-0.05, 0) is 19.1 Å². The van der Waals surface area contributed by atoms with E-state index in [4.69, 9.17) is 5.84 Å². The normalized spacial score (nSPS) is 11.7. The zero-order valence-corrected chi connectivity index (χ0v) is 11.2. The van der Waals surface area contributed by atoms with Gasteiger partial charge in [0.05, 0.1) is 17.2 Å². The third-order valence-corrected chi connectivity index (χ3v) is 2.98. The molecular formula is C12H14N6O3. The van der Waals surface area contributed by atoms with Gasteiger partial charge >= 0.3 is 0 Å². The van der Waals surface area contributed by atoms with Gasteiger partial charge in [0.25, 0.3) is 11.6 Å². The highest BCUT2D eigenvalue weighted by molar-refractivity contribution is 5.96. The Balaban J connectivity index is 2.18. The van der Waals surface area contributed by atoms with Crippen LogP contribution in [0.1, 0.15) is 28.9 Å². The number of carbonyl (C=O) groups is 1. The number of benzene rings is 1. The molecule has 0 saturated carbocycles. The van der Waals surface area contributed by atoms with Crippen LogP contribution in [0, 0.1) is 10.1 Å². The lowest BCUT2D eigenvalue weighted by atomic mass is 10.1. The number of nitro benzene ring substituents is 1. The predicted octanol–water partition coefficient (Wildman–Crippen LogP) is 1.09. The SMILES string of the molecule is CC(NC(=O)c1ccc([N+](=O)[O-])c(NN)c1)c1cn[nH]c1. The van der Waals surface area contributed by atoms with Gasteiger partial charge in [0.15, 0.2) is 0 Å². The molecular weight excluding hydrogens is 276 g/mol. The van der Waals surface area contributed by atoms with Crippen molar-refractivity contribution >= 4 is 17.3 Å². The summed E-state index contributed by atoms with van der Waals surface area (Å²) in [5.74, 6) is 4.87. The lowest BCUT2D eigenvalue weighted by Gasteiger charge is -2.12. The first-order valence-electron chi connectivity index (χ1n) is 6.07. The number of nitrogens with one attached hydrogen (secondary N) is 3. The molecule has 0 aliphatic rings. The number of nitro groups is 1. The van der Waals surface area contributed by atoms with Crippen molar-refractivity contribution in [2.24, 2.45) is 5.84 Å². The number of hydrazine groups is 1. The lowest BCUT2D eigenvalue weighted by molar-refractivity contribution is -0.384. The molecule has 9 nitrogen and oxygen atoms in total. The van der Waals surface area contributed by atoms with E-state index in [0.29, 0.717) is 0 Å². The molecule has 1 amide bonds. The summed E-state index contributed by atoms with van der Waals surface area (Å²) in [6.45, 7) is 1.80. The maximum absolute atomic E-state index is 12.1. The number of amides is 1. The summed E-state index contributed by atoms with van der Waals surface area (Å²) < 4.78 is 0. The van der Waals surface area contributed by atoms with Crippen LogP contribution >= 0.6 is 0 Å². The molecule has 21 heavy (non-hydrogen) atoms. The molecule has 0 saturated heterocycles. The van der Waals surface area contributed by atoms with E-state index in [1.54, 1.807) is 19.3 Å². The van der Waals surface area contributed by atoms with Crippen molar-refractivity contribution < 1.29 is 9.72 Å². The molecule has 1 heterocycles. The highest BCUT2D eigenvalue weighted by Gasteiger charge is 2.17. The molecule has 0 aliphatic heterocycles. The van der Waals surface area contributed by atoms with E-state index in [1.165, 1.54) is 18.2 Å². The van der Waals surface area contributed by atoms with Crippen LogP contribution in [0.3, 0.4) is 0 Å². The van der Waals surface area contributed by atoms with Crippen molar-refractivity contribution in [1.29, 1.82) is 0 Å². The van der Waals surface area contributed by atoms with Crippen molar-refractivity contribution in [3.8, 4) is 0 Å². The predicted molar refractivity (Wildman–Crippen MR) is 75.4 cm³/mol. The van der Waals surface area contributed by atoms with E-state index < -0.39 is 4.92 Å². The lowest BCUT2D eigenvalue weighted by Crippen LogP contribution is -2.26. The Morgan fingerprint density at radius 2 is 2.29 bits per heavy atom. The zero-order valence-electron chi connectivity index (χ0n) is 11.2. The van der Waals surface area contributed by atoms with Crippen molar-refractivity contribution in [2.45, 2.75) is 13.0 Å². The summed E-state index contributed by atoms with van der Waals surface area (Å²) in [4.78, 5) is 22.3. The molecule has 1 aromatic heterocycles. The van der Waals surface area contributed by atoms with E-state index in [9.17, 15) is 14.9 Å². The van der Waals surface area contributed by atoms with Crippen molar-refractivity contribution in [3.63, 3.8) is 0 Å². The molecule has 1 atom stereocenters. The molecule has 2 aromatic rings. The largest absolute Gasteiger partial charge is 0.345 e. The Labute approximate surface area is 119 Å². The fourth-order valence-electron chi connectivity index (χ4n) is 1.81. The van der Waals surface area contributed by atoms with E-state index >= 15 is 0 Å². The first-order chi connectivity index (χ1) is 10.0. The summed E-state index contributed by atoms with van der Waals surface area (Å²) in [5.41, 5.74) is 3.18. The molecule has 2 rings (SSSR count). The minimum absolute atomic E-state index is 0.0728. The standard InChI is InChI=1S/C12H14N6O3/c1-7(9-5-14-15-6-9)16-12(19)8-2-3-11(18(20)21)10(4-8)17-13/h2-7,17H,13H2,1H3,(H,14,15)(H,16,19). The molecule has 1 unspecified atom stereocenters. The number of carbonyl (C=O) groups excluding carboxylic acids is 1.